The maximum absolute atomic E-state index is 11.9. The summed E-state index contributed by atoms with van der Waals surface area (Å²) in [5.41, 5.74) is 0.716. The van der Waals surface area contributed by atoms with Crippen LogP contribution < -0.4 is 5.32 Å². The minimum absolute atomic E-state index is 0.00270. The molecule has 3 nitrogen and oxygen atoms in total. The van der Waals surface area contributed by atoms with E-state index < -0.39 is 18.0 Å². The van der Waals surface area contributed by atoms with Crippen LogP contribution in [-0.4, -0.2) is 18.2 Å². The average Bonchev–Trinajstić information content (AvgIpc) is 2.71. The first kappa shape index (κ1) is 8.60. The molecule has 0 aliphatic carbocycles. The van der Waals surface area contributed by atoms with Gasteiger partial charge in [0, 0.05) is 20.6 Å². The van der Waals surface area contributed by atoms with Crippen LogP contribution in [0.2, 0.25) is 5.02 Å². The zero-order valence-electron chi connectivity index (χ0n) is 15.0. The van der Waals surface area contributed by atoms with E-state index in [1.54, 1.807) is 6.07 Å². The Morgan fingerprint density at radius 2 is 2.10 bits per heavy atom. The topological polar surface area (TPSA) is 41.5 Å². The molecular weight excluding hydrogens is 340 g/mol. The standard InChI is InChI=1S/C15H10BrClN2O/c16-9-5-6-13-11(7-9)15(18-8-14(20)19-13)10-3-1-2-4-12(10)17/h1-7H,8H2,(H,19,20)/i1D,2D,3D,4D,6D. The van der Waals surface area contributed by atoms with Gasteiger partial charge in [0.1, 0.15) is 6.54 Å². The van der Waals surface area contributed by atoms with Gasteiger partial charge in [-0.3, -0.25) is 9.79 Å². The Kier molecular flexibility index (Phi) is 2.31. The van der Waals surface area contributed by atoms with Crippen LogP contribution in [-0.2, 0) is 4.79 Å². The van der Waals surface area contributed by atoms with Gasteiger partial charge in [0.25, 0.3) is 0 Å². The average molecular weight is 355 g/mol. The number of hydrogen-bond acceptors (Lipinski definition) is 2. The Hall–Kier alpha value is -1.65. The van der Waals surface area contributed by atoms with Crippen molar-refractivity contribution in [1.29, 1.82) is 0 Å². The summed E-state index contributed by atoms with van der Waals surface area (Å²) in [7, 11) is 0. The van der Waals surface area contributed by atoms with E-state index in [1.807, 2.05) is 0 Å². The van der Waals surface area contributed by atoms with Crippen LogP contribution in [0.1, 0.15) is 18.0 Å². The largest absolute Gasteiger partial charge is 0.324 e. The highest BCUT2D eigenvalue weighted by Crippen LogP contribution is 2.28. The second kappa shape index (κ2) is 5.38. The zero-order chi connectivity index (χ0) is 18.5. The fourth-order valence-electron chi connectivity index (χ4n) is 1.85. The van der Waals surface area contributed by atoms with Crippen molar-refractivity contribution >= 4 is 44.8 Å². The summed E-state index contributed by atoms with van der Waals surface area (Å²) < 4.78 is 40.3. The van der Waals surface area contributed by atoms with Crippen molar-refractivity contribution < 1.29 is 11.6 Å². The molecule has 0 unspecified atom stereocenters. The molecular formula is C15H10BrClN2O. The lowest BCUT2D eigenvalue weighted by molar-refractivity contribution is -0.114. The lowest BCUT2D eigenvalue weighted by atomic mass is 10.0. The summed E-state index contributed by atoms with van der Waals surface area (Å²) in [6.45, 7) is -0.250. The highest BCUT2D eigenvalue weighted by atomic mass is 79.9. The third kappa shape index (κ3) is 2.49. The van der Waals surface area contributed by atoms with Gasteiger partial charge < -0.3 is 5.32 Å². The Balaban J connectivity index is 2.39. The number of aliphatic imine (C=N–C) groups is 1. The van der Waals surface area contributed by atoms with Crippen molar-refractivity contribution in [2.45, 2.75) is 0 Å². The van der Waals surface area contributed by atoms with Gasteiger partial charge in [-0.15, -0.1) is 0 Å². The Morgan fingerprint density at radius 1 is 1.30 bits per heavy atom. The van der Waals surface area contributed by atoms with Gasteiger partial charge >= 0.3 is 0 Å². The summed E-state index contributed by atoms with van der Waals surface area (Å²) in [5, 5.41) is 2.42. The Labute approximate surface area is 136 Å². The molecule has 3 rings (SSSR count). The third-order valence-electron chi connectivity index (χ3n) is 2.68. The molecule has 1 amide bonds. The van der Waals surface area contributed by atoms with Gasteiger partial charge in [-0.2, -0.15) is 0 Å². The molecule has 2 aromatic carbocycles. The molecule has 5 heteroatoms. The number of carbonyl (C=O) groups excluding carboxylic acids is 1. The van der Waals surface area contributed by atoms with Gasteiger partial charge in [-0.1, -0.05) is 45.7 Å². The van der Waals surface area contributed by atoms with Crippen LogP contribution in [0.3, 0.4) is 0 Å². The second-order valence-corrected chi connectivity index (χ2v) is 5.30. The van der Waals surface area contributed by atoms with Crippen molar-refractivity contribution in [3.05, 3.63) is 63.0 Å². The number of nitrogens with zero attached hydrogens (tertiary/aromatic N) is 1. The minimum atomic E-state index is -0.446. The monoisotopic (exact) mass is 353 g/mol. The van der Waals surface area contributed by atoms with Crippen molar-refractivity contribution in [2.24, 2.45) is 4.99 Å². The summed E-state index contributed by atoms with van der Waals surface area (Å²) >= 11 is 9.48. The van der Waals surface area contributed by atoms with E-state index in [1.165, 1.54) is 6.07 Å². The van der Waals surface area contributed by atoms with E-state index in [9.17, 15) is 4.79 Å². The molecule has 1 aliphatic rings. The molecule has 0 saturated heterocycles. The van der Waals surface area contributed by atoms with Gasteiger partial charge in [-0.25, -0.2) is 0 Å². The first-order chi connectivity index (χ1) is 11.7. The first-order valence-corrected chi connectivity index (χ1v) is 6.80. The number of benzodiazepines with no additional fused rings is 1. The summed E-state index contributed by atoms with van der Waals surface area (Å²) in [5.74, 6) is -0.427. The zero-order valence-corrected chi connectivity index (χ0v) is 12.3. The predicted octanol–water partition coefficient (Wildman–Crippen LogP) is 3.89. The highest BCUT2D eigenvalue weighted by molar-refractivity contribution is 9.10. The van der Waals surface area contributed by atoms with Gasteiger partial charge in [-0.05, 0) is 24.2 Å². The highest BCUT2D eigenvalue weighted by Gasteiger charge is 2.19. The third-order valence-corrected chi connectivity index (χ3v) is 3.43. The van der Waals surface area contributed by atoms with Crippen molar-refractivity contribution in [3.8, 4) is 0 Å². The van der Waals surface area contributed by atoms with E-state index in [-0.39, 0.29) is 46.7 Å². The second-order valence-electron chi connectivity index (χ2n) is 4.01. The maximum Gasteiger partial charge on any atom is 0.246 e. The van der Waals surface area contributed by atoms with Crippen LogP contribution in [0.4, 0.5) is 5.69 Å². The Bertz CT molecular complexity index is 935. The molecule has 1 N–H and O–H groups in total. The molecule has 1 heterocycles. The SMILES string of the molecule is [2H]c1cc(Br)cc2c1NC(=O)CN=C2c1c([2H])c([2H])c([2H])c([2H])c1Cl. The van der Waals surface area contributed by atoms with Gasteiger partial charge in [0.15, 0.2) is 0 Å². The number of amides is 1. The predicted molar refractivity (Wildman–Crippen MR) is 84.7 cm³/mol. The van der Waals surface area contributed by atoms with Crippen molar-refractivity contribution in [1.82, 2.24) is 0 Å². The van der Waals surface area contributed by atoms with Gasteiger partial charge in [0.05, 0.1) is 18.3 Å². The lowest BCUT2D eigenvalue weighted by Crippen LogP contribution is -2.13. The van der Waals surface area contributed by atoms with E-state index in [2.05, 4.69) is 26.2 Å². The molecule has 0 aromatic heterocycles. The van der Waals surface area contributed by atoms with Crippen LogP contribution >= 0.6 is 27.5 Å². The van der Waals surface area contributed by atoms with Crippen LogP contribution in [0.25, 0.3) is 0 Å². The lowest BCUT2D eigenvalue weighted by Gasteiger charge is -2.11. The molecule has 0 spiro atoms. The summed E-state index contributed by atoms with van der Waals surface area (Å²) in [6.07, 6.45) is 0. The Morgan fingerprint density at radius 3 is 2.95 bits per heavy atom. The molecule has 0 radical (unpaired) electrons. The van der Waals surface area contributed by atoms with Crippen LogP contribution in [0.15, 0.2) is 51.8 Å². The number of hydrogen-bond donors (Lipinski definition) is 1. The molecule has 0 bridgehead atoms. The number of nitrogens with one attached hydrogen (secondary N) is 1. The molecule has 1 aliphatic heterocycles. The van der Waals surface area contributed by atoms with Gasteiger partial charge in [0.2, 0.25) is 5.91 Å². The quantitative estimate of drug-likeness (QED) is 0.829. The van der Waals surface area contributed by atoms with Crippen LogP contribution in [0, 0.1) is 0 Å². The molecule has 2 aromatic rings. The van der Waals surface area contributed by atoms with Crippen molar-refractivity contribution in [3.63, 3.8) is 0 Å². The van der Waals surface area contributed by atoms with Crippen LogP contribution in [0.5, 0.6) is 0 Å². The number of benzene rings is 2. The first-order valence-electron chi connectivity index (χ1n) is 8.13. The number of anilines is 1. The minimum Gasteiger partial charge on any atom is -0.324 e. The van der Waals surface area contributed by atoms with E-state index >= 15 is 0 Å². The summed E-state index contributed by atoms with van der Waals surface area (Å²) in [4.78, 5) is 16.1. The smallest absolute Gasteiger partial charge is 0.246 e. The van der Waals surface area contributed by atoms with E-state index in [4.69, 9.17) is 18.5 Å². The fourth-order valence-corrected chi connectivity index (χ4v) is 2.38. The molecule has 100 valence electrons. The molecule has 0 fully saturated rings. The number of halogens is 2. The summed E-state index contributed by atoms with van der Waals surface area (Å²) in [6, 6.07) is 1.54. The molecule has 20 heavy (non-hydrogen) atoms. The normalized spacial score (nSPS) is 17.6. The number of carbonyl (C=O) groups is 1. The number of fused-ring (bicyclic) bond motifs is 1. The van der Waals surface area contributed by atoms with E-state index in [0.717, 1.165) is 0 Å². The number of rotatable bonds is 1. The van der Waals surface area contributed by atoms with E-state index in [0.29, 0.717) is 10.0 Å². The molecule has 0 atom stereocenters. The maximum atomic E-state index is 11.9. The fraction of sp³-hybridized carbons (Fsp3) is 0.0667. The van der Waals surface area contributed by atoms with Crippen molar-refractivity contribution in [2.75, 3.05) is 11.9 Å². The molecule has 0 saturated carbocycles.